The van der Waals surface area contributed by atoms with Gasteiger partial charge in [0.15, 0.2) is 5.76 Å². The third-order valence-corrected chi connectivity index (χ3v) is 3.53. The molecule has 3 heteroatoms. The molecule has 3 aromatic rings. The van der Waals surface area contributed by atoms with Crippen LogP contribution < -0.4 is 5.32 Å². The van der Waals surface area contributed by atoms with E-state index in [1.165, 1.54) is 0 Å². The fourth-order valence-electron chi connectivity index (χ4n) is 2.63. The van der Waals surface area contributed by atoms with Crippen LogP contribution in [0, 0.1) is 20.8 Å². The van der Waals surface area contributed by atoms with Gasteiger partial charge in [0.2, 0.25) is 0 Å². The number of hydrogen-bond acceptors (Lipinski definition) is 2. The lowest BCUT2D eigenvalue weighted by atomic mass is 10.1. The van der Waals surface area contributed by atoms with Crippen LogP contribution >= 0.6 is 0 Å². The predicted octanol–water partition coefficient (Wildman–Crippen LogP) is 4.61. The van der Waals surface area contributed by atoms with Crippen molar-refractivity contribution in [3.63, 3.8) is 0 Å². The monoisotopic (exact) mass is 279 g/mol. The highest BCUT2D eigenvalue weighted by molar-refractivity contribution is 6.06. The molecule has 1 heterocycles. The molecule has 1 N–H and O–H groups in total. The molecular formula is C18H17NO2. The Kier molecular flexibility index (Phi) is 3.26. The van der Waals surface area contributed by atoms with Crippen LogP contribution in [0.3, 0.4) is 0 Å². The molecule has 0 atom stereocenters. The van der Waals surface area contributed by atoms with Crippen molar-refractivity contribution in [1.29, 1.82) is 0 Å². The number of anilines is 1. The summed E-state index contributed by atoms with van der Waals surface area (Å²) in [5.74, 6) is 0.157. The first-order valence-electron chi connectivity index (χ1n) is 6.92. The number of amides is 1. The lowest BCUT2D eigenvalue weighted by molar-refractivity contribution is 0.0998. The van der Waals surface area contributed by atoms with Crippen molar-refractivity contribution in [2.24, 2.45) is 0 Å². The third kappa shape index (κ3) is 2.55. The number of hydrogen-bond donors (Lipinski definition) is 1. The van der Waals surface area contributed by atoms with Crippen molar-refractivity contribution < 1.29 is 9.21 Å². The van der Waals surface area contributed by atoms with Crippen molar-refractivity contribution in [2.75, 3.05) is 5.32 Å². The Hall–Kier alpha value is -2.55. The highest BCUT2D eigenvalue weighted by Gasteiger charge is 2.17. The summed E-state index contributed by atoms with van der Waals surface area (Å²) in [6.45, 7) is 5.92. The van der Waals surface area contributed by atoms with Gasteiger partial charge in [-0.25, -0.2) is 0 Å². The number of carbonyl (C=O) groups excluding carboxylic acids is 1. The van der Waals surface area contributed by atoms with Crippen molar-refractivity contribution in [3.05, 3.63) is 64.9 Å². The molecule has 0 aliphatic rings. The standard InChI is InChI=1S/C18H17NO2/c1-11-8-12(2)10-14(9-11)19-18(20)17-13(3)15-6-4-5-7-16(15)21-17/h4-10H,1-3H3,(H,19,20). The topological polar surface area (TPSA) is 42.2 Å². The summed E-state index contributed by atoms with van der Waals surface area (Å²) >= 11 is 0. The van der Waals surface area contributed by atoms with Crippen LogP contribution in [0.1, 0.15) is 27.2 Å². The number of benzene rings is 2. The fourth-order valence-corrected chi connectivity index (χ4v) is 2.63. The predicted molar refractivity (Wildman–Crippen MR) is 84.8 cm³/mol. The molecule has 0 saturated carbocycles. The minimum Gasteiger partial charge on any atom is -0.451 e. The van der Waals surface area contributed by atoms with E-state index in [1.807, 2.05) is 57.2 Å². The molecule has 3 rings (SSSR count). The van der Waals surface area contributed by atoms with Crippen LogP contribution in [0.2, 0.25) is 0 Å². The van der Waals surface area contributed by atoms with Crippen LogP contribution in [-0.4, -0.2) is 5.91 Å². The maximum absolute atomic E-state index is 12.4. The summed E-state index contributed by atoms with van der Waals surface area (Å²) in [4.78, 5) is 12.4. The van der Waals surface area contributed by atoms with Gasteiger partial charge >= 0.3 is 0 Å². The minimum absolute atomic E-state index is 0.214. The summed E-state index contributed by atoms with van der Waals surface area (Å²) in [7, 11) is 0. The van der Waals surface area contributed by atoms with E-state index in [9.17, 15) is 4.79 Å². The highest BCUT2D eigenvalue weighted by Crippen LogP contribution is 2.25. The number of furan rings is 1. The maximum Gasteiger partial charge on any atom is 0.291 e. The molecule has 21 heavy (non-hydrogen) atoms. The molecule has 0 saturated heterocycles. The van der Waals surface area contributed by atoms with E-state index >= 15 is 0 Å². The van der Waals surface area contributed by atoms with Crippen LogP contribution in [0.15, 0.2) is 46.9 Å². The Labute approximate surface area is 123 Å². The summed E-state index contributed by atoms with van der Waals surface area (Å²) in [6.07, 6.45) is 0. The fraction of sp³-hybridized carbons (Fsp3) is 0.167. The van der Waals surface area contributed by atoms with Gasteiger partial charge in [0.1, 0.15) is 5.58 Å². The second kappa shape index (κ2) is 5.09. The Morgan fingerprint density at radius 2 is 1.67 bits per heavy atom. The first-order chi connectivity index (χ1) is 10.0. The molecule has 0 aliphatic carbocycles. The van der Waals surface area contributed by atoms with Gasteiger partial charge in [-0.05, 0) is 50.1 Å². The Balaban J connectivity index is 1.95. The number of rotatable bonds is 2. The second-order valence-electron chi connectivity index (χ2n) is 5.38. The molecule has 0 bridgehead atoms. The van der Waals surface area contributed by atoms with Crippen LogP contribution in [0.25, 0.3) is 11.0 Å². The first-order valence-corrected chi connectivity index (χ1v) is 6.92. The average Bonchev–Trinajstić information content (AvgIpc) is 2.76. The van der Waals surface area contributed by atoms with Gasteiger partial charge in [0.05, 0.1) is 0 Å². The summed E-state index contributed by atoms with van der Waals surface area (Å²) < 4.78 is 5.68. The van der Waals surface area contributed by atoms with Gasteiger partial charge in [-0.3, -0.25) is 4.79 Å². The third-order valence-electron chi connectivity index (χ3n) is 3.53. The number of para-hydroxylation sites is 1. The van der Waals surface area contributed by atoms with Crippen LogP contribution in [-0.2, 0) is 0 Å². The molecule has 1 amide bonds. The molecule has 0 radical (unpaired) electrons. The van der Waals surface area contributed by atoms with Gasteiger partial charge in [-0.2, -0.15) is 0 Å². The van der Waals surface area contributed by atoms with E-state index in [4.69, 9.17) is 4.42 Å². The SMILES string of the molecule is Cc1cc(C)cc(NC(=O)c2oc3ccccc3c2C)c1. The lowest BCUT2D eigenvalue weighted by Gasteiger charge is -2.06. The number of carbonyl (C=O) groups is 1. The zero-order chi connectivity index (χ0) is 15.0. The number of nitrogens with one attached hydrogen (secondary N) is 1. The Bertz CT molecular complexity index is 810. The van der Waals surface area contributed by atoms with E-state index in [1.54, 1.807) is 0 Å². The molecular weight excluding hydrogens is 262 g/mol. The normalized spacial score (nSPS) is 10.8. The first kappa shape index (κ1) is 13.4. The summed E-state index contributed by atoms with van der Waals surface area (Å²) in [5.41, 5.74) is 4.63. The summed E-state index contributed by atoms with van der Waals surface area (Å²) in [5, 5.41) is 3.88. The number of aryl methyl sites for hydroxylation is 3. The van der Waals surface area contributed by atoms with Gasteiger partial charge in [0, 0.05) is 16.6 Å². The van der Waals surface area contributed by atoms with Crippen molar-refractivity contribution >= 4 is 22.6 Å². The Morgan fingerprint density at radius 3 is 2.33 bits per heavy atom. The Morgan fingerprint density at radius 1 is 1.00 bits per heavy atom. The van der Waals surface area contributed by atoms with Crippen LogP contribution in [0.4, 0.5) is 5.69 Å². The zero-order valence-corrected chi connectivity index (χ0v) is 12.4. The van der Waals surface area contributed by atoms with E-state index < -0.39 is 0 Å². The molecule has 106 valence electrons. The maximum atomic E-state index is 12.4. The molecule has 2 aromatic carbocycles. The van der Waals surface area contributed by atoms with Crippen molar-refractivity contribution in [3.8, 4) is 0 Å². The van der Waals surface area contributed by atoms with Crippen molar-refractivity contribution in [1.82, 2.24) is 0 Å². The molecule has 0 aliphatic heterocycles. The summed E-state index contributed by atoms with van der Waals surface area (Å²) in [6, 6.07) is 13.6. The van der Waals surface area contributed by atoms with E-state index in [0.717, 1.165) is 33.3 Å². The largest absolute Gasteiger partial charge is 0.451 e. The molecule has 0 fully saturated rings. The quantitative estimate of drug-likeness (QED) is 0.744. The van der Waals surface area contributed by atoms with Crippen molar-refractivity contribution in [2.45, 2.75) is 20.8 Å². The second-order valence-corrected chi connectivity index (χ2v) is 5.38. The van der Waals surface area contributed by atoms with E-state index in [-0.39, 0.29) is 5.91 Å². The lowest BCUT2D eigenvalue weighted by Crippen LogP contribution is -2.12. The molecule has 1 aromatic heterocycles. The minimum atomic E-state index is -0.214. The van der Waals surface area contributed by atoms with E-state index in [0.29, 0.717) is 5.76 Å². The number of fused-ring (bicyclic) bond motifs is 1. The van der Waals surface area contributed by atoms with Gasteiger partial charge in [-0.1, -0.05) is 24.3 Å². The smallest absolute Gasteiger partial charge is 0.291 e. The highest BCUT2D eigenvalue weighted by atomic mass is 16.3. The van der Waals surface area contributed by atoms with Crippen LogP contribution in [0.5, 0.6) is 0 Å². The zero-order valence-electron chi connectivity index (χ0n) is 12.4. The van der Waals surface area contributed by atoms with Gasteiger partial charge < -0.3 is 9.73 Å². The van der Waals surface area contributed by atoms with Gasteiger partial charge in [-0.15, -0.1) is 0 Å². The molecule has 0 spiro atoms. The average molecular weight is 279 g/mol. The van der Waals surface area contributed by atoms with Gasteiger partial charge in [0.25, 0.3) is 5.91 Å². The molecule has 0 unspecified atom stereocenters. The van der Waals surface area contributed by atoms with E-state index in [2.05, 4.69) is 11.4 Å². The molecule has 3 nitrogen and oxygen atoms in total.